The first-order valence-corrected chi connectivity index (χ1v) is 10.7. The third-order valence-electron chi connectivity index (χ3n) is 5.33. The van der Waals surface area contributed by atoms with Crippen molar-refractivity contribution in [2.45, 2.75) is 63.8 Å². The summed E-state index contributed by atoms with van der Waals surface area (Å²) < 4.78 is 0. The van der Waals surface area contributed by atoms with Crippen molar-refractivity contribution in [2.24, 2.45) is 0 Å². The number of aryl methyl sites for hydroxylation is 1. The maximum Gasteiger partial charge on any atom is 0.0696 e. The first-order chi connectivity index (χ1) is 13.5. The predicted molar refractivity (Wildman–Crippen MR) is 120 cm³/mol. The molecule has 150 valence electrons. The van der Waals surface area contributed by atoms with Crippen molar-refractivity contribution in [2.75, 3.05) is 13.1 Å². The van der Waals surface area contributed by atoms with Crippen LogP contribution in [0.4, 0.5) is 0 Å². The summed E-state index contributed by atoms with van der Waals surface area (Å²) in [7, 11) is 0. The largest absolute Gasteiger partial charge is 0.301 e. The van der Waals surface area contributed by atoms with Crippen LogP contribution in [0, 0.1) is 11.3 Å². The molecule has 0 bridgehead atoms. The van der Waals surface area contributed by atoms with Crippen LogP contribution in [0.15, 0.2) is 54.6 Å². The summed E-state index contributed by atoms with van der Waals surface area (Å²) in [4.78, 5) is 2.56. The molecule has 0 heterocycles. The summed E-state index contributed by atoms with van der Waals surface area (Å²) in [5, 5.41) is 7.32. The van der Waals surface area contributed by atoms with Gasteiger partial charge in [0.1, 0.15) is 0 Å². The van der Waals surface area contributed by atoms with E-state index in [-0.39, 0.29) is 4.87 Å². The molecule has 28 heavy (non-hydrogen) atoms. The number of rotatable bonds is 9. The highest BCUT2D eigenvalue weighted by atomic mass is 35.5. The van der Waals surface area contributed by atoms with Crippen LogP contribution in [0.25, 0.3) is 0 Å². The minimum Gasteiger partial charge on any atom is -0.301 e. The fourth-order valence-electron chi connectivity index (χ4n) is 3.40. The number of hydrogen-bond donors (Lipinski definition) is 0. The van der Waals surface area contributed by atoms with Gasteiger partial charge in [-0.2, -0.15) is 5.26 Å². The second-order valence-electron chi connectivity index (χ2n) is 7.85. The van der Waals surface area contributed by atoms with Gasteiger partial charge in [-0.1, -0.05) is 54.6 Å². The van der Waals surface area contributed by atoms with Crippen molar-refractivity contribution in [3.8, 4) is 6.07 Å². The van der Waals surface area contributed by atoms with Crippen molar-refractivity contribution in [3.05, 3.63) is 71.3 Å². The second kappa shape index (κ2) is 11.2. The molecule has 2 nitrogen and oxygen atoms in total. The molecule has 0 spiro atoms. The van der Waals surface area contributed by atoms with Crippen LogP contribution in [0.3, 0.4) is 0 Å². The van der Waals surface area contributed by atoms with Crippen molar-refractivity contribution >= 4 is 11.6 Å². The molecule has 1 saturated carbocycles. The number of alkyl halides is 1. The zero-order valence-electron chi connectivity index (χ0n) is 17.5. The van der Waals surface area contributed by atoms with Crippen LogP contribution in [-0.4, -0.2) is 24.0 Å². The van der Waals surface area contributed by atoms with Gasteiger partial charge in [-0.05, 0) is 69.2 Å². The summed E-state index contributed by atoms with van der Waals surface area (Å²) in [5.41, 5.74) is 4.15. The van der Waals surface area contributed by atoms with Gasteiger partial charge in [0.2, 0.25) is 0 Å². The molecule has 3 heteroatoms. The Labute approximate surface area is 176 Å². The van der Waals surface area contributed by atoms with Gasteiger partial charge < -0.3 is 4.90 Å². The SMILES string of the molecule is CC#N.CC(C)N(CCCc1ccc(C2(Cl)CC2)cc1)CCc1ccccc1. The average Bonchev–Trinajstić information content (AvgIpc) is 3.45. The Kier molecular flexibility index (Phi) is 9.03. The lowest BCUT2D eigenvalue weighted by Crippen LogP contribution is -2.34. The molecule has 0 saturated heterocycles. The first kappa shape index (κ1) is 22.5. The van der Waals surface area contributed by atoms with Crippen molar-refractivity contribution in [3.63, 3.8) is 0 Å². The number of nitrogens with zero attached hydrogens (tertiary/aromatic N) is 2. The van der Waals surface area contributed by atoms with Gasteiger partial charge >= 0.3 is 0 Å². The molecule has 0 atom stereocenters. The van der Waals surface area contributed by atoms with E-state index in [0.717, 1.165) is 38.8 Å². The van der Waals surface area contributed by atoms with Gasteiger partial charge in [-0.25, -0.2) is 0 Å². The highest BCUT2D eigenvalue weighted by Crippen LogP contribution is 2.51. The van der Waals surface area contributed by atoms with E-state index in [1.165, 1.54) is 30.0 Å². The summed E-state index contributed by atoms with van der Waals surface area (Å²) in [6.45, 7) is 8.33. The van der Waals surface area contributed by atoms with E-state index in [1.54, 1.807) is 6.07 Å². The molecule has 1 fully saturated rings. The van der Waals surface area contributed by atoms with E-state index in [1.807, 2.05) is 0 Å². The van der Waals surface area contributed by atoms with Crippen molar-refractivity contribution in [1.82, 2.24) is 4.90 Å². The van der Waals surface area contributed by atoms with Crippen molar-refractivity contribution in [1.29, 1.82) is 5.26 Å². The maximum absolute atomic E-state index is 7.32. The summed E-state index contributed by atoms with van der Waals surface area (Å²) in [6, 6.07) is 22.1. The van der Waals surface area contributed by atoms with Gasteiger partial charge in [-0.15, -0.1) is 11.6 Å². The zero-order valence-corrected chi connectivity index (χ0v) is 18.3. The normalized spacial score (nSPS) is 14.3. The second-order valence-corrected chi connectivity index (χ2v) is 8.58. The van der Waals surface area contributed by atoms with E-state index in [2.05, 4.69) is 73.3 Å². The van der Waals surface area contributed by atoms with E-state index in [0.29, 0.717) is 6.04 Å². The standard InChI is InChI=1S/C23H30ClN.C2H3N/c1-19(2)25(18-14-20-7-4-3-5-8-20)17-6-9-21-10-12-22(13-11-21)23(24)15-16-23;1-2-3/h3-5,7-8,10-13,19H,6,9,14-18H2,1-2H3;1H3. The van der Waals surface area contributed by atoms with Crippen LogP contribution >= 0.6 is 11.6 Å². The Bertz CT molecular complexity index is 727. The Morgan fingerprint density at radius 1 is 0.964 bits per heavy atom. The molecule has 2 aromatic rings. The molecule has 0 aliphatic heterocycles. The highest BCUT2D eigenvalue weighted by Gasteiger charge is 2.41. The number of benzene rings is 2. The Morgan fingerprint density at radius 2 is 1.54 bits per heavy atom. The van der Waals surface area contributed by atoms with Crippen LogP contribution < -0.4 is 0 Å². The monoisotopic (exact) mass is 396 g/mol. The molecule has 0 radical (unpaired) electrons. The quantitative estimate of drug-likeness (QED) is 0.463. The lowest BCUT2D eigenvalue weighted by Gasteiger charge is -2.26. The molecule has 0 aromatic heterocycles. The maximum atomic E-state index is 7.32. The molecule has 2 aromatic carbocycles. The molecule has 1 aliphatic rings. The van der Waals surface area contributed by atoms with Gasteiger partial charge in [0, 0.05) is 19.5 Å². The predicted octanol–water partition coefficient (Wildman–Crippen LogP) is 6.33. The van der Waals surface area contributed by atoms with Gasteiger partial charge in [0.05, 0.1) is 10.9 Å². The summed E-state index contributed by atoms with van der Waals surface area (Å²) in [6.07, 6.45) is 5.73. The molecular weight excluding hydrogens is 364 g/mol. The number of nitriles is 1. The average molecular weight is 397 g/mol. The van der Waals surface area contributed by atoms with Gasteiger partial charge in [-0.3, -0.25) is 0 Å². The van der Waals surface area contributed by atoms with E-state index < -0.39 is 0 Å². The number of hydrogen-bond acceptors (Lipinski definition) is 2. The van der Waals surface area contributed by atoms with Crippen molar-refractivity contribution < 1.29 is 0 Å². The topological polar surface area (TPSA) is 27.0 Å². The minimum absolute atomic E-state index is 0.0373. The summed E-state index contributed by atoms with van der Waals surface area (Å²) >= 11 is 6.48. The fraction of sp³-hybridized carbons (Fsp3) is 0.480. The van der Waals surface area contributed by atoms with E-state index in [9.17, 15) is 0 Å². The molecular formula is C25H33ClN2. The van der Waals surface area contributed by atoms with Crippen LogP contribution in [0.5, 0.6) is 0 Å². The van der Waals surface area contributed by atoms with Gasteiger partial charge in [0.25, 0.3) is 0 Å². The van der Waals surface area contributed by atoms with E-state index >= 15 is 0 Å². The van der Waals surface area contributed by atoms with Crippen LogP contribution in [0.1, 0.15) is 56.7 Å². The fourth-order valence-corrected chi connectivity index (χ4v) is 3.62. The zero-order chi connectivity index (χ0) is 20.4. The first-order valence-electron chi connectivity index (χ1n) is 10.4. The van der Waals surface area contributed by atoms with Crippen LogP contribution in [-0.2, 0) is 17.7 Å². The Balaban J connectivity index is 0.000000878. The third kappa shape index (κ3) is 7.30. The smallest absolute Gasteiger partial charge is 0.0696 e. The van der Waals surface area contributed by atoms with Gasteiger partial charge in [0.15, 0.2) is 0 Å². The lowest BCUT2D eigenvalue weighted by molar-refractivity contribution is 0.222. The minimum atomic E-state index is -0.0373. The molecule has 1 aliphatic carbocycles. The van der Waals surface area contributed by atoms with E-state index in [4.69, 9.17) is 16.9 Å². The van der Waals surface area contributed by atoms with Crippen LogP contribution in [0.2, 0.25) is 0 Å². The molecule has 0 amide bonds. The molecule has 3 rings (SSSR count). The summed E-state index contributed by atoms with van der Waals surface area (Å²) in [5.74, 6) is 0. The Hall–Kier alpha value is -1.82. The highest BCUT2D eigenvalue weighted by molar-refractivity contribution is 6.25. The lowest BCUT2D eigenvalue weighted by atomic mass is 10.0. The Morgan fingerprint density at radius 3 is 2.07 bits per heavy atom. The third-order valence-corrected chi connectivity index (χ3v) is 5.93. The number of halogens is 1. The molecule has 0 N–H and O–H groups in total. The molecule has 0 unspecified atom stereocenters.